The maximum atomic E-state index is 14.9. The molecule has 1 aliphatic heterocycles. The summed E-state index contributed by atoms with van der Waals surface area (Å²) in [6, 6.07) is 2.54. The topological polar surface area (TPSA) is 134 Å². The summed E-state index contributed by atoms with van der Waals surface area (Å²) >= 11 is 0. The quantitative estimate of drug-likeness (QED) is 0.264. The molecule has 32 heavy (non-hydrogen) atoms. The number of rotatable bonds is 4. The third-order valence-electron chi connectivity index (χ3n) is 5.18. The first kappa shape index (κ1) is 21.3. The van der Waals surface area contributed by atoms with Crippen LogP contribution in [-0.4, -0.2) is 41.1 Å². The Hall–Kier alpha value is -3.93. The van der Waals surface area contributed by atoms with Crippen molar-refractivity contribution in [2.45, 2.75) is 12.5 Å². The molecule has 3 heterocycles. The smallest absolute Gasteiger partial charge is 0.351 e. The van der Waals surface area contributed by atoms with Gasteiger partial charge in [-0.3, -0.25) is 14.2 Å². The van der Waals surface area contributed by atoms with Gasteiger partial charge in [0.15, 0.2) is 23.1 Å². The summed E-state index contributed by atoms with van der Waals surface area (Å²) in [5, 5.41) is -0.391. The summed E-state index contributed by atoms with van der Waals surface area (Å²) in [5.41, 5.74) is 8.25. The number of ether oxygens (including phenoxy) is 1. The van der Waals surface area contributed by atoms with Crippen molar-refractivity contribution in [3.8, 4) is 5.69 Å². The van der Waals surface area contributed by atoms with Gasteiger partial charge in [0.1, 0.15) is 17.1 Å². The maximum absolute atomic E-state index is 14.9. The minimum atomic E-state index is -1.34. The number of halogens is 3. The second-order valence-electron chi connectivity index (χ2n) is 7.20. The largest absolute Gasteiger partial charge is 0.394 e. The molecule has 0 spiro atoms. The second-order valence-corrected chi connectivity index (χ2v) is 7.20. The number of carbonyl (C=O) groups is 2. The Kier molecular flexibility index (Phi) is 5.30. The zero-order valence-electron chi connectivity index (χ0n) is 16.3. The number of anilines is 2. The van der Waals surface area contributed by atoms with Crippen molar-refractivity contribution in [2.24, 2.45) is 5.73 Å². The zero-order chi connectivity index (χ0) is 23.2. The van der Waals surface area contributed by atoms with Gasteiger partial charge in [-0.25, -0.2) is 22.9 Å². The minimum Gasteiger partial charge on any atom is -0.394 e. The van der Waals surface area contributed by atoms with Gasteiger partial charge in [-0.2, -0.15) is 0 Å². The van der Waals surface area contributed by atoms with Crippen LogP contribution in [0.3, 0.4) is 0 Å². The van der Waals surface area contributed by atoms with Gasteiger partial charge in [0.05, 0.1) is 11.1 Å². The van der Waals surface area contributed by atoms with Crippen LogP contribution in [0.4, 0.5) is 24.7 Å². The molecule has 1 fully saturated rings. The van der Waals surface area contributed by atoms with E-state index < -0.39 is 45.5 Å². The van der Waals surface area contributed by atoms with E-state index in [0.717, 1.165) is 29.0 Å². The fourth-order valence-corrected chi connectivity index (χ4v) is 3.60. The number of benzene rings is 1. The summed E-state index contributed by atoms with van der Waals surface area (Å²) in [5.74, 6) is -4.55. The molecule has 9 nitrogen and oxygen atoms in total. The van der Waals surface area contributed by atoms with Gasteiger partial charge >= 0.3 is 12.4 Å². The molecule has 0 saturated carbocycles. The lowest BCUT2D eigenvalue weighted by Crippen LogP contribution is -2.28. The third-order valence-corrected chi connectivity index (χ3v) is 5.18. The molecule has 1 aromatic carbocycles. The summed E-state index contributed by atoms with van der Waals surface area (Å²) in [4.78, 5) is 41.3. The molecular formula is C20H16F3N5O4. The Labute approximate surface area is 178 Å². The molecule has 12 heteroatoms. The SMILES string of the molecule is Nc1c(F)ccc(-n2cc(C(=O)OC=O)c(=O)c3cc(F)c(N4CC[C@H](N)C4)nc32)c1F. The highest BCUT2D eigenvalue weighted by atomic mass is 19.1. The molecule has 1 atom stereocenters. The van der Waals surface area contributed by atoms with Crippen LogP contribution >= 0.6 is 0 Å². The molecule has 0 radical (unpaired) electrons. The minimum absolute atomic E-state index is 0.127. The predicted octanol–water partition coefficient (Wildman–Crippen LogP) is 1.24. The molecule has 0 bridgehead atoms. The highest BCUT2D eigenvalue weighted by Crippen LogP contribution is 2.28. The first-order chi connectivity index (χ1) is 15.2. The van der Waals surface area contributed by atoms with Crippen molar-refractivity contribution in [3.63, 3.8) is 0 Å². The van der Waals surface area contributed by atoms with E-state index >= 15 is 0 Å². The number of nitrogen functional groups attached to an aromatic ring is 1. The van der Waals surface area contributed by atoms with E-state index in [1.54, 1.807) is 4.90 Å². The highest BCUT2D eigenvalue weighted by molar-refractivity contribution is 5.96. The Bertz CT molecular complexity index is 1330. The molecule has 3 aromatic rings. The summed E-state index contributed by atoms with van der Waals surface area (Å²) < 4.78 is 48.6. The van der Waals surface area contributed by atoms with Crippen LogP contribution in [0.1, 0.15) is 16.8 Å². The molecule has 166 valence electrons. The van der Waals surface area contributed by atoms with Gasteiger partial charge in [-0.05, 0) is 24.6 Å². The maximum Gasteiger partial charge on any atom is 0.351 e. The van der Waals surface area contributed by atoms with Crippen LogP contribution in [0.15, 0.2) is 29.2 Å². The van der Waals surface area contributed by atoms with E-state index in [1.165, 1.54) is 0 Å². The number of nitrogens with two attached hydrogens (primary N) is 2. The standard InChI is InChI=1S/C20H16F3N5O4/c21-12-1-2-14(15(23)16(12)25)28-7-11(20(31)32-8-29)17(30)10-5-13(22)19(26-18(10)28)27-4-3-9(24)6-27/h1-2,5,7-9H,3-4,6,24-25H2/t9-/m0/s1. The van der Waals surface area contributed by atoms with Crippen molar-refractivity contribution >= 4 is 35.0 Å². The number of nitrogens with zero attached hydrogens (tertiary/aromatic N) is 3. The van der Waals surface area contributed by atoms with Crippen molar-refractivity contribution in [1.82, 2.24) is 9.55 Å². The Balaban J connectivity index is 2.06. The molecule has 4 N–H and O–H groups in total. The van der Waals surface area contributed by atoms with E-state index in [1.807, 2.05) is 0 Å². The lowest BCUT2D eigenvalue weighted by molar-refractivity contribution is -0.123. The van der Waals surface area contributed by atoms with Crippen LogP contribution < -0.4 is 21.8 Å². The van der Waals surface area contributed by atoms with Gasteiger partial charge in [0, 0.05) is 25.3 Å². The molecule has 1 aliphatic rings. The van der Waals surface area contributed by atoms with E-state index in [-0.39, 0.29) is 29.7 Å². The van der Waals surface area contributed by atoms with Crippen molar-refractivity contribution in [3.05, 3.63) is 57.6 Å². The Morgan fingerprint density at radius 2 is 2.00 bits per heavy atom. The average molecular weight is 447 g/mol. The van der Waals surface area contributed by atoms with Gasteiger partial charge in [-0.1, -0.05) is 0 Å². The highest BCUT2D eigenvalue weighted by Gasteiger charge is 2.27. The number of hydrogen-bond donors (Lipinski definition) is 2. The number of carbonyl (C=O) groups excluding carboxylic acids is 2. The van der Waals surface area contributed by atoms with Gasteiger partial charge in [0.25, 0.3) is 0 Å². The van der Waals surface area contributed by atoms with Crippen LogP contribution in [0.2, 0.25) is 0 Å². The first-order valence-electron chi connectivity index (χ1n) is 9.37. The fourth-order valence-electron chi connectivity index (χ4n) is 3.60. The van der Waals surface area contributed by atoms with E-state index in [2.05, 4.69) is 9.72 Å². The first-order valence-corrected chi connectivity index (χ1v) is 9.37. The van der Waals surface area contributed by atoms with E-state index in [4.69, 9.17) is 11.5 Å². The molecule has 4 rings (SSSR count). The van der Waals surface area contributed by atoms with E-state index in [9.17, 15) is 27.6 Å². The predicted molar refractivity (Wildman–Crippen MR) is 108 cm³/mol. The van der Waals surface area contributed by atoms with Crippen molar-refractivity contribution in [1.29, 1.82) is 0 Å². The lowest BCUT2D eigenvalue weighted by Gasteiger charge is -2.20. The molecule has 0 amide bonds. The fraction of sp³-hybridized carbons (Fsp3) is 0.200. The molecular weight excluding hydrogens is 431 g/mol. The van der Waals surface area contributed by atoms with Gasteiger partial charge < -0.3 is 21.1 Å². The Morgan fingerprint density at radius 1 is 1.25 bits per heavy atom. The van der Waals surface area contributed by atoms with Crippen molar-refractivity contribution < 1.29 is 27.5 Å². The van der Waals surface area contributed by atoms with Crippen LogP contribution in [0, 0.1) is 17.5 Å². The number of hydrogen-bond acceptors (Lipinski definition) is 8. The normalized spacial score (nSPS) is 15.9. The van der Waals surface area contributed by atoms with Crippen LogP contribution in [0.5, 0.6) is 0 Å². The zero-order valence-corrected chi connectivity index (χ0v) is 16.3. The summed E-state index contributed by atoms with van der Waals surface area (Å²) in [6.07, 6.45) is 1.46. The number of esters is 1. The van der Waals surface area contributed by atoms with Gasteiger partial charge in [0.2, 0.25) is 5.43 Å². The number of aromatic nitrogens is 2. The lowest BCUT2D eigenvalue weighted by atomic mass is 10.1. The van der Waals surface area contributed by atoms with E-state index in [0.29, 0.717) is 19.5 Å². The summed E-state index contributed by atoms with van der Waals surface area (Å²) in [6.45, 7) is 0.523. The molecule has 2 aromatic heterocycles. The van der Waals surface area contributed by atoms with Gasteiger partial charge in [-0.15, -0.1) is 0 Å². The molecule has 0 aliphatic carbocycles. The van der Waals surface area contributed by atoms with Crippen molar-refractivity contribution in [2.75, 3.05) is 23.7 Å². The monoisotopic (exact) mass is 447 g/mol. The summed E-state index contributed by atoms with van der Waals surface area (Å²) in [7, 11) is 0. The van der Waals surface area contributed by atoms with Crippen LogP contribution in [0.25, 0.3) is 16.7 Å². The third kappa shape index (κ3) is 3.43. The van der Waals surface area contributed by atoms with Crippen LogP contribution in [-0.2, 0) is 9.53 Å². The average Bonchev–Trinajstić information content (AvgIpc) is 3.19. The Morgan fingerprint density at radius 3 is 2.66 bits per heavy atom. The molecule has 0 unspecified atom stereocenters. The number of fused-ring (bicyclic) bond motifs is 1. The second kappa shape index (κ2) is 7.96. The molecule has 1 saturated heterocycles. The number of pyridine rings is 2.